The van der Waals surface area contributed by atoms with E-state index in [1.54, 1.807) is 13.3 Å². The van der Waals surface area contributed by atoms with Crippen molar-refractivity contribution in [3.8, 4) is 23.1 Å². The van der Waals surface area contributed by atoms with Crippen LogP contribution in [0.3, 0.4) is 0 Å². The highest BCUT2D eigenvalue weighted by Gasteiger charge is 2.23. The van der Waals surface area contributed by atoms with E-state index >= 15 is 0 Å². The molecule has 0 fully saturated rings. The first kappa shape index (κ1) is 12.2. The Bertz CT molecular complexity index is 576. The quantitative estimate of drug-likeness (QED) is 0.898. The molecule has 0 radical (unpaired) electrons. The van der Waals surface area contributed by atoms with Crippen molar-refractivity contribution < 1.29 is 4.74 Å². The number of benzene rings is 1. The lowest BCUT2D eigenvalue weighted by molar-refractivity contribution is 0.415. The van der Waals surface area contributed by atoms with Crippen LogP contribution in [0.4, 0.5) is 0 Å². The molecule has 0 aliphatic heterocycles. The molecule has 92 valence electrons. The van der Waals surface area contributed by atoms with Crippen LogP contribution < -0.4 is 4.74 Å². The van der Waals surface area contributed by atoms with Crippen molar-refractivity contribution >= 4 is 0 Å². The molecule has 0 spiro atoms. The van der Waals surface area contributed by atoms with Gasteiger partial charge in [-0.15, -0.1) is 0 Å². The van der Waals surface area contributed by atoms with Crippen LogP contribution >= 0.6 is 0 Å². The van der Waals surface area contributed by atoms with Gasteiger partial charge >= 0.3 is 0 Å². The molecule has 0 bridgehead atoms. The van der Waals surface area contributed by atoms with Gasteiger partial charge in [-0.25, -0.2) is 4.98 Å². The Balaban J connectivity index is 2.32. The van der Waals surface area contributed by atoms with Crippen molar-refractivity contribution in [2.75, 3.05) is 7.11 Å². The van der Waals surface area contributed by atoms with Crippen LogP contribution in [0, 0.1) is 11.3 Å². The van der Waals surface area contributed by atoms with Crippen LogP contribution in [-0.2, 0) is 5.41 Å². The monoisotopic (exact) mass is 241 g/mol. The lowest BCUT2D eigenvalue weighted by atomic mass is 9.95. The Morgan fingerprint density at radius 1 is 1.28 bits per heavy atom. The highest BCUT2D eigenvalue weighted by Crippen LogP contribution is 2.24. The number of imidazole rings is 1. The Labute approximate surface area is 106 Å². The highest BCUT2D eigenvalue weighted by atomic mass is 16.5. The average Bonchev–Trinajstić information content (AvgIpc) is 2.89. The predicted molar refractivity (Wildman–Crippen MR) is 69.2 cm³/mol. The fourth-order valence-corrected chi connectivity index (χ4v) is 1.61. The molecule has 18 heavy (non-hydrogen) atoms. The van der Waals surface area contributed by atoms with Crippen LogP contribution in [0.1, 0.15) is 19.7 Å². The number of ether oxygens (including phenoxy) is 1. The first-order valence-corrected chi connectivity index (χ1v) is 5.68. The summed E-state index contributed by atoms with van der Waals surface area (Å²) in [5, 5.41) is 9.07. The lowest BCUT2D eigenvalue weighted by Crippen LogP contribution is -2.15. The molecular weight excluding hydrogens is 226 g/mol. The van der Waals surface area contributed by atoms with Gasteiger partial charge in [0.15, 0.2) is 0 Å². The molecule has 0 aliphatic carbocycles. The van der Waals surface area contributed by atoms with Gasteiger partial charge in [0.05, 0.1) is 25.1 Å². The van der Waals surface area contributed by atoms with E-state index in [1.807, 2.05) is 38.1 Å². The summed E-state index contributed by atoms with van der Waals surface area (Å²) < 4.78 is 5.11. The van der Waals surface area contributed by atoms with E-state index in [0.717, 1.165) is 17.0 Å². The summed E-state index contributed by atoms with van der Waals surface area (Å²) in [5.41, 5.74) is 1.31. The molecule has 1 aromatic carbocycles. The summed E-state index contributed by atoms with van der Waals surface area (Å²) in [4.78, 5) is 7.45. The van der Waals surface area contributed by atoms with Crippen LogP contribution in [0.5, 0.6) is 5.75 Å². The molecule has 1 heterocycles. The number of H-pyrrole nitrogens is 1. The summed E-state index contributed by atoms with van der Waals surface area (Å²) >= 11 is 0. The van der Waals surface area contributed by atoms with Gasteiger partial charge in [0.25, 0.3) is 0 Å². The summed E-state index contributed by atoms with van der Waals surface area (Å²) in [7, 11) is 1.64. The first-order valence-electron chi connectivity index (χ1n) is 5.68. The minimum atomic E-state index is -0.606. The molecule has 0 atom stereocenters. The minimum Gasteiger partial charge on any atom is -0.497 e. The van der Waals surface area contributed by atoms with Crippen molar-refractivity contribution in [1.82, 2.24) is 9.97 Å². The van der Waals surface area contributed by atoms with Gasteiger partial charge in [0.1, 0.15) is 17.0 Å². The fraction of sp³-hybridized carbons (Fsp3) is 0.286. The molecule has 1 N–H and O–H groups in total. The van der Waals surface area contributed by atoms with Crippen molar-refractivity contribution in [3.05, 3.63) is 36.3 Å². The van der Waals surface area contributed by atoms with Crippen LogP contribution in [0.25, 0.3) is 11.3 Å². The number of hydrogen-bond donors (Lipinski definition) is 1. The summed E-state index contributed by atoms with van der Waals surface area (Å²) in [5.74, 6) is 1.49. The van der Waals surface area contributed by atoms with Gasteiger partial charge in [0.2, 0.25) is 0 Å². The highest BCUT2D eigenvalue weighted by molar-refractivity contribution is 5.59. The van der Waals surface area contributed by atoms with Crippen LogP contribution in [0.15, 0.2) is 30.5 Å². The maximum Gasteiger partial charge on any atom is 0.126 e. The molecular formula is C14H15N3O. The van der Waals surface area contributed by atoms with Crippen molar-refractivity contribution in [2.45, 2.75) is 19.3 Å². The number of aromatic amines is 1. The molecule has 0 unspecified atom stereocenters. The molecule has 0 saturated heterocycles. The molecule has 0 aliphatic rings. The second kappa shape index (κ2) is 4.53. The average molecular weight is 241 g/mol. The van der Waals surface area contributed by atoms with Crippen LogP contribution in [-0.4, -0.2) is 17.1 Å². The molecule has 4 nitrogen and oxygen atoms in total. The van der Waals surface area contributed by atoms with Crippen molar-refractivity contribution in [3.63, 3.8) is 0 Å². The van der Waals surface area contributed by atoms with E-state index in [2.05, 4.69) is 16.0 Å². The SMILES string of the molecule is COc1ccc(-c2cnc(C(C)(C)C#N)[nH]2)cc1. The molecule has 2 aromatic rings. The largest absolute Gasteiger partial charge is 0.497 e. The standard InChI is InChI=1S/C14H15N3O/c1-14(2,9-15)13-16-8-12(17-13)10-4-6-11(18-3)7-5-10/h4-8H,1-3H3,(H,16,17). The maximum absolute atomic E-state index is 9.07. The van der Waals surface area contributed by atoms with Gasteiger partial charge in [-0.1, -0.05) is 0 Å². The second-order valence-corrected chi connectivity index (χ2v) is 4.61. The van der Waals surface area contributed by atoms with Gasteiger partial charge < -0.3 is 9.72 Å². The third-order valence-electron chi connectivity index (χ3n) is 2.85. The lowest BCUT2D eigenvalue weighted by Gasteiger charge is -2.10. The fourth-order valence-electron chi connectivity index (χ4n) is 1.61. The summed E-state index contributed by atoms with van der Waals surface area (Å²) in [6.07, 6.45) is 1.75. The topological polar surface area (TPSA) is 61.7 Å². The summed E-state index contributed by atoms with van der Waals surface area (Å²) in [6.45, 7) is 3.67. The zero-order valence-corrected chi connectivity index (χ0v) is 10.7. The van der Waals surface area contributed by atoms with Gasteiger partial charge in [-0.2, -0.15) is 5.26 Å². The normalized spacial score (nSPS) is 11.0. The number of methoxy groups -OCH3 is 1. The Morgan fingerprint density at radius 2 is 1.94 bits per heavy atom. The van der Waals surface area contributed by atoms with Crippen molar-refractivity contribution in [2.24, 2.45) is 0 Å². The number of hydrogen-bond acceptors (Lipinski definition) is 3. The van der Waals surface area contributed by atoms with Gasteiger partial charge in [-0.3, -0.25) is 0 Å². The van der Waals surface area contributed by atoms with E-state index in [1.165, 1.54) is 0 Å². The number of nitrogens with zero attached hydrogens (tertiary/aromatic N) is 2. The molecule has 0 amide bonds. The second-order valence-electron chi connectivity index (χ2n) is 4.61. The number of rotatable bonds is 3. The maximum atomic E-state index is 9.07. The van der Waals surface area contributed by atoms with Gasteiger partial charge in [0, 0.05) is 0 Å². The van der Waals surface area contributed by atoms with Crippen molar-refractivity contribution in [1.29, 1.82) is 5.26 Å². The zero-order chi connectivity index (χ0) is 13.2. The number of aromatic nitrogens is 2. The molecule has 0 saturated carbocycles. The summed E-state index contributed by atoms with van der Waals surface area (Å²) in [6, 6.07) is 9.92. The smallest absolute Gasteiger partial charge is 0.126 e. The predicted octanol–water partition coefficient (Wildman–Crippen LogP) is 2.89. The van der Waals surface area contributed by atoms with E-state index in [0.29, 0.717) is 5.82 Å². The number of nitrogens with one attached hydrogen (secondary N) is 1. The Kier molecular flexibility index (Phi) is 3.07. The van der Waals surface area contributed by atoms with Gasteiger partial charge in [-0.05, 0) is 43.7 Å². The molecule has 1 aromatic heterocycles. The molecule has 4 heteroatoms. The van der Waals surface area contributed by atoms with E-state index in [4.69, 9.17) is 10.00 Å². The van der Waals surface area contributed by atoms with E-state index < -0.39 is 5.41 Å². The number of nitriles is 1. The van der Waals surface area contributed by atoms with E-state index in [-0.39, 0.29) is 0 Å². The third kappa shape index (κ3) is 2.21. The Morgan fingerprint density at radius 3 is 2.50 bits per heavy atom. The van der Waals surface area contributed by atoms with Crippen LogP contribution in [0.2, 0.25) is 0 Å². The molecule has 2 rings (SSSR count). The zero-order valence-electron chi connectivity index (χ0n) is 10.7. The van der Waals surface area contributed by atoms with E-state index in [9.17, 15) is 0 Å². The first-order chi connectivity index (χ1) is 8.56. The third-order valence-corrected chi connectivity index (χ3v) is 2.85. The minimum absolute atomic E-state index is 0.606. The Hall–Kier alpha value is -2.28.